The van der Waals surface area contributed by atoms with Crippen molar-refractivity contribution >= 4 is 17.8 Å². The number of imide groups is 1. The number of carbonyl (C=O) groups excluding carboxylic acids is 3. The molecule has 1 heterocycles. The normalized spacial score (nSPS) is 20.9. The minimum absolute atomic E-state index is 0.239. The van der Waals surface area contributed by atoms with E-state index >= 15 is 0 Å². The van der Waals surface area contributed by atoms with E-state index in [1.807, 2.05) is 0 Å². The van der Waals surface area contributed by atoms with Gasteiger partial charge in [-0.15, -0.1) is 0 Å². The van der Waals surface area contributed by atoms with Gasteiger partial charge in [-0.05, 0) is 43.2 Å². The van der Waals surface area contributed by atoms with Crippen LogP contribution in [0.4, 0.5) is 0 Å². The summed E-state index contributed by atoms with van der Waals surface area (Å²) in [7, 11) is 0. The van der Waals surface area contributed by atoms with Crippen LogP contribution in [0.25, 0.3) is 0 Å². The lowest BCUT2D eigenvalue weighted by molar-refractivity contribution is -0.175. The first kappa shape index (κ1) is 14.8. The van der Waals surface area contributed by atoms with Crippen molar-refractivity contribution in [3.05, 3.63) is 35.4 Å². The lowest BCUT2D eigenvalue weighted by Gasteiger charge is -2.33. The molecular weight excluding hydrogens is 282 g/mol. The summed E-state index contributed by atoms with van der Waals surface area (Å²) in [4.78, 5) is 41.7. The van der Waals surface area contributed by atoms with Crippen LogP contribution in [-0.4, -0.2) is 22.8 Å². The van der Waals surface area contributed by atoms with Crippen LogP contribution in [0.15, 0.2) is 24.3 Å². The van der Waals surface area contributed by atoms with Crippen molar-refractivity contribution in [3.63, 3.8) is 0 Å². The van der Waals surface area contributed by atoms with Gasteiger partial charge in [-0.1, -0.05) is 31.0 Å². The van der Waals surface area contributed by atoms with Crippen LogP contribution in [0, 0.1) is 11.3 Å². The van der Waals surface area contributed by atoms with Gasteiger partial charge in [0.05, 0.1) is 17.0 Å². The van der Waals surface area contributed by atoms with Crippen LogP contribution >= 0.6 is 0 Å². The standard InChI is InChI=1S/C17H19NO4/c1-17(2)9-7-11(8-10-17)16(21)22-18-14(19)12-5-3-4-6-13(12)15(18)20/h3-6,11H,7-10H2,1-2H3. The molecule has 0 unspecified atom stereocenters. The van der Waals surface area contributed by atoms with Crippen LogP contribution < -0.4 is 0 Å². The highest BCUT2D eigenvalue weighted by molar-refractivity contribution is 6.20. The van der Waals surface area contributed by atoms with Gasteiger partial charge >= 0.3 is 5.97 Å². The molecule has 3 rings (SSSR count). The summed E-state index contributed by atoms with van der Waals surface area (Å²) in [6.07, 6.45) is 3.34. The summed E-state index contributed by atoms with van der Waals surface area (Å²) in [5.41, 5.74) is 0.807. The summed E-state index contributed by atoms with van der Waals surface area (Å²) >= 11 is 0. The molecule has 0 atom stereocenters. The molecule has 0 bridgehead atoms. The summed E-state index contributed by atoms with van der Waals surface area (Å²) < 4.78 is 0. The number of benzene rings is 1. The first-order chi connectivity index (χ1) is 10.4. The molecule has 0 radical (unpaired) electrons. The van der Waals surface area contributed by atoms with Crippen molar-refractivity contribution in [2.75, 3.05) is 0 Å². The second kappa shape index (κ2) is 5.23. The third kappa shape index (κ3) is 2.51. The summed E-state index contributed by atoms with van der Waals surface area (Å²) in [6, 6.07) is 6.48. The highest BCUT2D eigenvalue weighted by Gasteiger charge is 2.40. The molecule has 116 valence electrons. The van der Waals surface area contributed by atoms with Gasteiger partial charge in [0.1, 0.15) is 0 Å². The Morgan fingerprint density at radius 3 is 2.09 bits per heavy atom. The predicted molar refractivity (Wildman–Crippen MR) is 78.8 cm³/mol. The Labute approximate surface area is 129 Å². The van der Waals surface area contributed by atoms with E-state index < -0.39 is 17.8 Å². The molecule has 22 heavy (non-hydrogen) atoms. The Bertz CT molecular complexity index is 605. The number of hydrogen-bond acceptors (Lipinski definition) is 4. The second-order valence-corrected chi connectivity index (χ2v) is 6.80. The number of hydrogen-bond donors (Lipinski definition) is 0. The zero-order chi connectivity index (χ0) is 15.9. The van der Waals surface area contributed by atoms with Crippen molar-refractivity contribution in [1.29, 1.82) is 0 Å². The van der Waals surface area contributed by atoms with E-state index in [9.17, 15) is 14.4 Å². The molecule has 1 aliphatic heterocycles. The summed E-state index contributed by atoms with van der Waals surface area (Å²) in [6.45, 7) is 4.36. The van der Waals surface area contributed by atoms with Gasteiger partial charge in [-0.25, -0.2) is 4.79 Å². The van der Waals surface area contributed by atoms with Crippen molar-refractivity contribution < 1.29 is 19.2 Å². The fraction of sp³-hybridized carbons (Fsp3) is 0.471. The van der Waals surface area contributed by atoms with Gasteiger partial charge in [0.2, 0.25) is 0 Å². The fourth-order valence-electron chi connectivity index (χ4n) is 3.05. The van der Waals surface area contributed by atoms with Gasteiger partial charge in [0.15, 0.2) is 0 Å². The van der Waals surface area contributed by atoms with Gasteiger partial charge in [-0.2, -0.15) is 0 Å². The largest absolute Gasteiger partial charge is 0.336 e. The molecule has 1 fully saturated rings. The minimum Gasteiger partial charge on any atom is -0.329 e. The monoisotopic (exact) mass is 301 g/mol. The molecule has 1 aromatic rings. The number of amides is 2. The first-order valence-electron chi connectivity index (χ1n) is 7.59. The molecule has 0 N–H and O–H groups in total. The van der Waals surface area contributed by atoms with E-state index in [0.29, 0.717) is 5.06 Å². The van der Waals surface area contributed by atoms with Crippen molar-refractivity contribution in [1.82, 2.24) is 5.06 Å². The maximum atomic E-state index is 12.2. The van der Waals surface area contributed by atoms with Crippen molar-refractivity contribution in [2.24, 2.45) is 11.3 Å². The number of carbonyl (C=O) groups is 3. The fourth-order valence-corrected chi connectivity index (χ4v) is 3.05. The van der Waals surface area contributed by atoms with Gasteiger partial charge in [0, 0.05) is 0 Å². The maximum Gasteiger partial charge on any atom is 0.336 e. The van der Waals surface area contributed by atoms with E-state index in [1.165, 1.54) is 0 Å². The predicted octanol–water partition coefficient (Wildman–Crippen LogP) is 2.96. The lowest BCUT2D eigenvalue weighted by atomic mass is 9.73. The maximum absolute atomic E-state index is 12.2. The third-order valence-electron chi connectivity index (χ3n) is 4.61. The Hall–Kier alpha value is -2.17. The van der Waals surface area contributed by atoms with Crippen LogP contribution in [0.1, 0.15) is 60.2 Å². The van der Waals surface area contributed by atoms with E-state index in [4.69, 9.17) is 4.84 Å². The number of nitrogens with zero attached hydrogens (tertiary/aromatic N) is 1. The molecule has 0 saturated heterocycles. The van der Waals surface area contributed by atoms with Crippen LogP contribution in [0.2, 0.25) is 0 Å². The highest BCUT2D eigenvalue weighted by Crippen LogP contribution is 2.38. The quantitative estimate of drug-likeness (QED) is 0.788. The molecule has 0 aromatic heterocycles. The Morgan fingerprint density at radius 2 is 1.59 bits per heavy atom. The number of fused-ring (bicyclic) bond motifs is 1. The van der Waals surface area contributed by atoms with E-state index in [0.717, 1.165) is 25.7 Å². The van der Waals surface area contributed by atoms with E-state index in [1.54, 1.807) is 24.3 Å². The van der Waals surface area contributed by atoms with E-state index in [2.05, 4.69) is 13.8 Å². The van der Waals surface area contributed by atoms with Crippen LogP contribution in [0.3, 0.4) is 0 Å². The van der Waals surface area contributed by atoms with Crippen LogP contribution in [-0.2, 0) is 9.63 Å². The van der Waals surface area contributed by atoms with Crippen LogP contribution in [0.5, 0.6) is 0 Å². The topological polar surface area (TPSA) is 63.7 Å². The molecule has 0 spiro atoms. The average Bonchev–Trinajstić information content (AvgIpc) is 2.73. The average molecular weight is 301 g/mol. The molecule has 1 saturated carbocycles. The van der Waals surface area contributed by atoms with Gasteiger partial charge in [0.25, 0.3) is 11.8 Å². The van der Waals surface area contributed by atoms with Crippen molar-refractivity contribution in [3.8, 4) is 0 Å². The molecule has 1 aromatic carbocycles. The SMILES string of the molecule is CC1(C)CCC(C(=O)ON2C(=O)c3ccccc3C2=O)CC1. The Balaban J connectivity index is 1.69. The molecule has 2 amide bonds. The minimum atomic E-state index is -0.565. The second-order valence-electron chi connectivity index (χ2n) is 6.80. The van der Waals surface area contributed by atoms with Crippen molar-refractivity contribution in [2.45, 2.75) is 39.5 Å². The zero-order valence-corrected chi connectivity index (χ0v) is 12.8. The molecule has 5 heteroatoms. The Morgan fingerprint density at radius 1 is 1.09 bits per heavy atom. The van der Waals surface area contributed by atoms with Gasteiger partial charge in [-0.3, -0.25) is 9.59 Å². The summed E-state index contributed by atoms with van der Waals surface area (Å²) in [5, 5.41) is 0.604. The number of hydroxylamine groups is 2. The Kier molecular flexibility index (Phi) is 3.51. The smallest absolute Gasteiger partial charge is 0.329 e. The highest BCUT2D eigenvalue weighted by atomic mass is 16.7. The van der Waals surface area contributed by atoms with E-state index in [-0.39, 0.29) is 22.5 Å². The molecule has 5 nitrogen and oxygen atoms in total. The molecule has 2 aliphatic rings. The molecule has 1 aliphatic carbocycles. The zero-order valence-electron chi connectivity index (χ0n) is 12.8. The van der Waals surface area contributed by atoms with Gasteiger partial charge < -0.3 is 4.84 Å². The number of rotatable bonds is 2. The molecular formula is C17H19NO4. The lowest BCUT2D eigenvalue weighted by Crippen LogP contribution is -2.36. The first-order valence-corrected chi connectivity index (χ1v) is 7.59. The summed E-state index contributed by atoms with van der Waals surface area (Å²) in [5.74, 6) is -1.85. The third-order valence-corrected chi connectivity index (χ3v) is 4.61.